The second kappa shape index (κ2) is 13.7. The fourth-order valence-corrected chi connectivity index (χ4v) is 4.51. The number of likely N-dealkylation sites (N-methyl/N-ethyl adjacent to an activating group) is 1. The van der Waals surface area contributed by atoms with E-state index in [2.05, 4.69) is 20.6 Å². The molecule has 0 saturated carbocycles. The van der Waals surface area contributed by atoms with E-state index in [4.69, 9.17) is 9.15 Å². The number of carbonyl (C=O) groups is 1. The summed E-state index contributed by atoms with van der Waals surface area (Å²) in [5, 5.41) is 7.14. The standard InChI is InChI=1S/C33H32FN5O3/c1-39(2)16-8-15-30(40)37-27-14-7-12-25(18-27)28-20-42-33-31(28)32(35-22-36-33)38-29(24-10-4-3-5-11-24)21-41-19-23-9-6-13-26(34)17-23/h3-15,17-18,20,22,29H,16,19,21H2,1-2H3,(H,37,40)(H,35,36,38)/t29-/m1/s1. The summed E-state index contributed by atoms with van der Waals surface area (Å²) in [6.45, 7) is 1.24. The average Bonchev–Trinajstić information content (AvgIpc) is 3.42. The van der Waals surface area contributed by atoms with E-state index >= 15 is 0 Å². The molecule has 3 aromatic carbocycles. The van der Waals surface area contributed by atoms with Gasteiger partial charge in [-0.05, 0) is 55.1 Å². The van der Waals surface area contributed by atoms with Gasteiger partial charge < -0.3 is 24.7 Å². The minimum Gasteiger partial charge on any atom is -0.445 e. The van der Waals surface area contributed by atoms with Gasteiger partial charge in [-0.15, -0.1) is 0 Å². The molecular weight excluding hydrogens is 533 g/mol. The summed E-state index contributed by atoms with van der Waals surface area (Å²) in [6.07, 6.45) is 6.42. The van der Waals surface area contributed by atoms with Crippen molar-refractivity contribution in [1.29, 1.82) is 0 Å². The Morgan fingerprint density at radius 1 is 1.05 bits per heavy atom. The molecule has 0 saturated heterocycles. The minimum absolute atomic E-state index is 0.208. The van der Waals surface area contributed by atoms with Crippen LogP contribution in [0, 0.1) is 5.82 Å². The number of hydrogen-bond donors (Lipinski definition) is 2. The van der Waals surface area contributed by atoms with Gasteiger partial charge in [0.2, 0.25) is 11.6 Å². The number of furan rings is 1. The van der Waals surface area contributed by atoms with Crippen LogP contribution < -0.4 is 10.6 Å². The Bertz CT molecular complexity index is 1670. The van der Waals surface area contributed by atoms with E-state index in [0.29, 0.717) is 35.8 Å². The lowest BCUT2D eigenvalue weighted by atomic mass is 10.0. The molecule has 8 nitrogen and oxygen atoms in total. The molecule has 5 rings (SSSR count). The predicted molar refractivity (Wildman–Crippen MR) is 162 cm³/mol. The molecule has 0 radical (unpaired) electrons. The number of rotatable bonds is 12. The summed E-state index contributed by atoms with van der Waals surface area (Å²) >= 11 is 0. The van der Waals surface area contributed by atoms with Crippen LogP contribution >= 0.6 is 0 Å². The zero-order valence-electron chi connectivity index (χ0n) is 23.5. The number of aromatic nitrogens is 2. The SMILES string of the molecule is CN(C)CC=CC(=O)Nc1cccc(-c2coc3ncnc(N[C@H](COCc4cccc(F)c4)c4ccccc4)c23)c1. The van der Waals surface area contributed by atoms with Gasteiger partial charge in [-0.3, -0.25) is 4.79 Å². The number of benzene rings is 3. The molecule has 2 heterocycles. The first kappa shape index (κ1) is 28.7. The number of nitrogens with zero attached hydrogens (tertiary/aromatic N) is 3. The number of nitrogens with one attached hydrogen (secondary N) is 2. The monoisotopic (exact) mass is 565 g/mol. The Kier molecular flexibility index (Phi) is 9.33. The van der Waals surface area contributed by atoms with Crippen LogP contribution in [0.4, 0.5) is 15.9 Å². The number of fused-ring (bicyclic) bond motifs is 1. The number of carbonyl (C=O) groups excluding carboxylic acids is 1. The zero-order valence-corrected chi connectivity index (χ0v) is 23.5. The van der Waals surface area contributed by atoms with Gasteiger partial charge in [0.25, 0.3) is 0 Å². The Labute approximate surface area is 243 Å². The molecular formula is C33H32FN5O3. The molecule has 9 heteroatoms. The van der Waals surface area contributed by atoms with Crippen LogP contribution in [-0.4, -0.2) is 48.0 Å². The molecule has 2 N–H and O–H groups in total. The maximum absolute atomic E-state index is 13.6. The van der Waals surface area contributed by atoms with Gasteiger partial charge in [0.1, 0.15) is 24.2 Å². The van der Waals surface area contributed by atoms with Gasteiger partial charge in [-0.25, -0.2) is 14.4 Å². The molecule has 42 heavy (non-hydrogen) atoms. The Morgan fingerprint density at radius 3 is 2.69 bits per heavy atom. The fourth-order valence-electron chi connectivity index (χ4n) is 4.51. The summed E-state index contributed by atoms with van der Waals surface area (Å²) in [6, 6.07) is 23.5. The lowest BCUT2D eigenvalue weighted by Gasteiger charge is -2.20. The molecule has 0 aliphatic heterocycles. The third-order valence-corrected chi connectivity index (χ3v) is 6.51. The van der Waals surface area contributed by atoms with Gasteiger partial charge in [0, 0.05) is 23.9 Å². The third-order valence-electron chi connectivity index (χ3n) is 6.51. The van der Waals surface area contributed by atoms with Gasteiger partial charge >= 0.3 is 0 Å². The quantitative estimate of drug-likeness (QED) is 0.168. The highest BCUT2D eigenvalue weighted by molar-refractivity contribution is 6.02. The van der Waals surface area contributed by atoms with Crippen molar-refractivity contribution in [3.05, 3.63) is 121 Å². The largest absolute Gasteiger partial charge is 0.445 e. The highest BCUT2D eigenvalue weighted by Gasteiger charge is 2.19. The second-order valence-electron chi connectivity index (χ2n) is 10.0. The van der Waals surface area contributed by atoms with Crippen LogP contribution in [0.1, 0.15) is 17.2 Å². The maximum Gasteiger partial charge on any atom is 0.248 e. The molecule has 1 atom stereocenters. The predicted octanol–water partition coefficient (Wildman–Crippen LogP) is 6.46. The number of ether oxygens (including phenoxy) is 1. The molecule has 0 aliphatic rings. The molecule has 0 spiro atoms. The Morgan fingerprint density at radius 2 is 1.88 bits per heavy atom. The van der Waals surface area contributed by atoms with Crippen molar-refractivity contribution in [2.75, 3.05) is 37.9 Å². The smallest absolute Gasteiger partial charge is 0.248 e. The van der Waals surface area contributed by atoms with Gasteiger partial charge in [0.15, 0.2) is 0 Å². The van der Waals surface area contributed by atoms with Crippen molar-refractivity contribution >= 4 is 28.5 Å². The molecule has 0 fully saturated rings. The molecule has 0 aliphatic carbocycles. The molecule has 214 valence electrons. The van der Waals surface area contributed by atoms with E-state index < -0.39 is 0 Å². The second-order valence-corrected chi connectivity index (χ2v) is 10.0. The van der Waals surface area contributed by atoms with Crippen LogP contribution in [0.5, 0.6) is 0 Å². The highest BCUT2D eigenvalue weighted by Crippen LogP contribution is 2.36. The van der Waals surface area contributed by atoms with Crippen molar-refractivity contribution in [3.63, 3.8) is 0 Å². The van der Waals surface area contributed by atoms with E-state index in [9.17, 15) is 9.18 Å². The van der Waals surface area contributed by atoms with Crippen LogP contribution in [0.2, 0.25) is 0 Å². The van der Waals surface area contributed by atoms with E-state index in [1.54, 1.807) is 12.3 Å². The first-order valence-corrected chi connectivity index (χ1v) is 13.5. The normalized spacial score (nSPS) is 12.2. The molecule has 2 aromatic heterocycles. The van der Waals surface area contributed by atoms with Crippen molar-refractivity contribution < 1.29 is 18.3 Å². The van der Waals surface area contributed by atoms with E-state index in [0.717, 1.165) is 22.3 Å². The summed E-state index contributed by atoms with van der Waals surface area (Å²) < 4.78 is 25.5. The number of hydrogen-bond acceptors (Lipinski definition) is 7. The summed E-state index contributed by atoms with van der Waals surface area (Å²) in [5.74, 6) is 0.0721. The lowest BCUT2D eigenvalue weighted by Crippen LogP contribution is -2.18. The number of halogens is 1. The fraction of sp³-hybridized carbons (Fsp3) is 0.182. The summed E-state index contributed by atoms with van der Waals surface area (Å²) in [5.41, 5.74) is 4.45. The third kappa shape index (κ3) is 7.45. The highest BCUT2D eigenvalue weighted by atomic mass is 19.1. The van der Waals surface area contributed by atoms with Crippen molar-refractivity contribution in [1.82, 2.24) is 14.9 Å². The van der Waals surface area contributed by atoms with Crippen molar-refractivity contribution in [2.24, 2.45) is 0 Å². The van der Waals surface area contributed by atoms with Crippen LogP contribution in [0.25, 0.3) is 22.2 Å². The topological polar surface area (TPSA) is 92.5 Å². The van der Waals surface area contributed by atoms with Gasteiger partial charge in [0.05, 0.1) is 24.6 Å². The summed E-state index contributed by atoms with van der Waals surface area (Å²) in [4.78, 5) is 23.3. The first-order chi connectivity index (χ1) is 20.5. The van der Waals surface area contributed by atoms with E-state index in [-0.39, 0.29) is 24.4 Å². The lowest BCUT2D eigenvalue weighted by molar-refractivity contribution is -0.111. The molecule has 0 bridgehead atoms. The van der Waals surface area contributed by atoms with E-state index in [1.165, 1.54) is 24.5 Å². The van der Waals surface area contributed by atoms with Crippen LogP contribution in [-0.2, 0) is 16.1 Å². The maximum atomic E-state index is 13.6. The number of anilines is 2. The van der Waals surface area contributed by atoms with Crippen molar-refractivity contribution in [2.45, 2.75) is 12.6 Å². The van der Waals surface area contributed by atoms with E-state index in [1.807, 2.05) is 85.7 Å². The minimum atomic E-state index is -0.297. The average molecular weight is 566 g/mol. The van der Waals surface area contributed by atoms with Gasteiger partial charge in [-0.2, -0.15) is 0 Å². The molecule has 5 aromatic rings. The first-order valence-electron chi connectivity index (χ1n) is 13.5. The molecule has 1 amide bonds. The zero-order chi connectivity index (χ0) is 29.3. The summed E-state index contributed by atoms with van der Waals surface area (Å²) in [7, 11) is 3.88. The van der Waals surface area contributed by atoms with Crippen LogP contribution in [0.15, 0.2) is 108 Å². The Hall–Kier alpha value is -4.86. The van der Waals surface area contributed by atoms with Crippen molar-refractivity contribution in [3.8, 4) is 11.1 Å². The molecule has 0 unspecified atom stereocenters. The van der Waals surface area contributed by atoms with Crippen LogP contribution in [0.3, 0.4) is 0 Å². The number of amides is 1. The van der Waals surface area contributed by atoms with Gasteiger partial charge in [-0.1, -0.05) is 60.7 Å². The Balaban J connectivity index is 1.39.